The molecule has 0 radical (unpaired) electrons. The number of methoxy groups -OCH3 is 2. The first-order valence-electron chi connectivity index (χ1n) is 9.58. The van der Waals surface area contributed by atoms with Crippen molar-refractivity contribution in [1.29, 1.82) is 0 Å². The van der Waals surface area contributed by atoms with E-state index in [2.05, 4.69) is 5.16 Å². The van der Waals surface area contributed by atoms with Crippen LogP contribution in [0.25, 0.3) is 22.3 Å². The zero-order chi connectivity index (χ0) is 21.4. The lowest BCUT2D eigenvalue weighted by Gasteiger charge is -2.08. The van der Waals surface area contributed by atoms with Gasteiger partial charge in [0.2, 0.25) is 0 Å². The van der Waals surface area contributed by atoms with E-state index in [1.807, 2.05) is 48.5 Å². The molecule has 3 aromatic carbocycles. The topological polar surface area (TPSA) is 82.9 Å². The molecule has 0 bridgehead atoms. The Labute approximate surface area is 177 Å². The van der Waals surface area contributed by atoms with Gasteiger partial charge in [0.15, 0.2) is 11.5 Å². The van der Waals surface area contributed by atoms with Gasteiger partial charge in [-0.05, 0) is 30.3 Å². The Bertz CT molecular complexity index is 1360. The number of hydrogen-bond acceptors (Lipinski definition) is 7. The molecule has 152 valence electrons. The van der Waals surface area contributed by atoms with Crippen LogP contribution in [0.3, 0.4) is 0 Å². The maximum absolute atomic E-state index is 12.6. The Kier molecular flexibility index (Phi) is 4.55. The summed E-state index contributed by atoms with van der Waals surface area (Å²) in [7, 11) is 3.03. The van der Waals surface area contributed by atoms with Crippen LogP contribution >= 0.6 is 0 Å². The van der Waals surface area contributed by atoms with E-state index in [0.717, 1.165) is 27.9 Å². The number of aromatic nitrogens is 2. The van der Waals surface area contributed by atoms with Gasteiger partial charge < -0.3 is 14.3 Å². The second-order valence-corrected chi connectivity index (χ2v) is 6.84. The van der Waals surface area contributed by atoms with Crippen LogP contribution in [0.2, 0.25) is 0 Å². The van der Waals surface area contributed by atoms with Crippen LogP contribution in [0.1, 0.15) is 21.6 Å². The lowest BCUT2D eigenvalue weighted by Crippen LogP contribution is -2.07. The molecule has 0 unspecified atom stereocenters. The quantitative estimate of drug-likeness (QED) is 0.325. The molecule has 0 saturated heterocycles. The zero-order valence-corrected chi connectivity index (χ0v) is 16.8. The second-order valence-electron chi connectivity index (χ2n) is 6.84. The average molecular weight is 411 g/mol. The number of hydrogen-bond donors (Lipinski definition) is 0. The summed E-state index contributed by atoms with van der Waals surface area (Å²) in [5.74, 6) is 0.331. The van der Waals surface area contributed by atoms with Crippen molar-refractivity contribution in [3.05, 3.63) is 83.6 Å². The number of carbonyl (C=O) groups excluding carboxylic acids is 1. The first kappa shape index (κ1) is 18.7. The highest BCUT2D eigenvalue weighted by Crippen LogP contribution is 2.35. The van der Waals surface area contributed by atoms with Gasteiger partial charge in [0, 0.05) is 11.1 Å². The summed E-state index contributed by atoms with van der Waals surface area (Å²) < 4.78 is 10.5. The van der Waals surface area contributed by atoms with Gasteiger partial charge in [-0.1, -0.05) is 41.6 Å². The van der Waals surface area contributed by atoms with Crippen molar-refractivity contribution in [3.63, 3.8) is 0 Å². The van der Waals surface area contributed by atoms with Crippen LogP contribution in [0.15, 0.2) is 71.9 Å². The van der Waals surface area contributed by atoms with E-state index in [4.69, 9.17) is 24.3 Å². The molecule has 0 amide bonds. The van der Waals surface area contributed by atoms with Gasteiger partial charge in [-0.25, -0.2) is 14.8 Å². The maximum atomic E-state index is 12.6. The third-order valence-electron chi connectivity index (χ3n) is 5.07. The highest BCUT2D eigenvalue weighted by atomic mass is 16.7. The molecule has 7 nitrogen and oxygen atoms in total. The van der Waals surface area contributed by atoms with Crippen LogP contribution in [0.4, 0.5) is 0 Å². The van der Waals surface area contributed by atoms with Gasteiger partial charge in [0.05, 0.1) is 36.5 Å². The van der Waals surface area contributed by atoms with Gasteiger partial charge in [-0.3, -0.25) is 0 Å². The lowest BCUT2D eigenvalue weighted by molar-refractivity contribution is 0.0516. The summed E-state index contributed by atoms with van der Waals surface area (Å²) in [6.45, 7) is 0. The van der Waals surface area contributed by atoms with Crippen molar-refractivity contribution < 1.29 is 19.1 Å². The summed E-state index contributed by atoms with van der Waals surface area (Å²) in [6.07, 6.45) is 0. The predicted molar refractivity (Wildman–Crippen MR) is 116 cm³/mol. The van der Waals surface area contributed by atoms with Crippen LogP contribution < -0.4 is 9.47 Å². The molecular formula is C24H17N3O4. The van der Waals surface area contributed by atoms with Gasteiger partial charge in [-0.2, -0.15) is 0 Å². The third kappa shape index (κ3) is 3.16. The summed E-state index contributed by atoms with van der Waals surface area (Å²) in [5, 5.41) is 4.18. The predicted octanol–water partition coefficient (Wildman–Crippen LogP) is 4.24. The van der Waals surface area contributed by atoms with Crippen molar-refractivity contribution in [2.45, 2.75) is 0 Å². The zero-order valence-electron chi connectivity index (χ0n) is 16.8. The van der Waals surface area contributed by atoms with Crippen LogP contribution in [0.5, 0.6) is 11.5 Å². The normalized spacial score (nSPS) is 13.0. The molecule has 0 fully saturated rings. The number of ether oxygens (including phenoxy) is 2. The molecule has 0 spiro atoms. The lowest BCUT2D eigenvalue weighted by atomic mass is 10.1. The van der Waals surface area contributed by atoms with Gasteiger partial charge in [0.1, 0.15) is 11.4 Å². The van der Waals surface area contributed by atoms with E-state index in [-0.39, 0.29) is 5.56 Å². The molecule has 0 atom stereocenters. The molecule has 0 saturated carbocycles. The van der Waals surface area contributed by atoms with Crippen molar-refractivity contribution in [2.24, 2.45) is 5.16 Å². The molecule has 1 aliphatic carbocycles. The Morgan fingerprint density at radius 3 is 2.13 bits per heavy atom. The number of carbonyl (C=O) groups is 1. The fraction of sp³-hybridized carbons (Fsp3) is 0.0833. The summed E-state index contributed by atoms with van der Waals surface area (Å²) in [4.78, 5) is 27.4. The fourth-order valence-electron chi connectivity index (χ4n) is 3.57. The molecular weight excluding hydrogens is 394 g/mol. The van der Waals surface area contributed by atoms with Gasteiger partial charge in [0.25, 0.3) is 0 Å². The van der Waals surface area contributed by atoms with E-state index >= 15 is 0 Å². The minimum atomic E-state index is -0.617. The highest BCUT2D eigenvalue weighted by Gasteiger charge is 2.29. The summed E-state index contributed by atoms with van der Waals surface area (Å²) in [5.41, 5.74) is 5.31. The highest BCUT2D eigenvalue weighted by molar-refractivity contribution is 6.23. The van der Waals surface area contributed by atoms with Crippen molar-refractivity contribution >= 4 is 22.7 Å². The molecule has 1 aliphatic rings. The van der Waals surface area contributed by atoms with Crippen molar-refractivity contribution in [3.8, 4) is 22.8 Å². The van der Waals surface area contributed by atoms with E-state index in [1.54, 1.807) is 18.2 Å². The van der Waals surface area contributed by atoms with Crippen LogP contribution in [-0.4, -0.2) is 35.9 Å². The smallest absolute Gasteiger partial charge is 0.365 e. The van der Waals surface area contributed by atoms with Crippen LogP contribution in [-0.2, 0) is 4.84 Å². The van der Waals surface area contributed by atoms with E-state index < -0.39 is 5.97 Å². The van der Waals surface area contributed by atoms with Crippen LogP contribution in [0, 0.1) is 0 Å². The minimum Gasteiger partial charge on any atom is -0.493 e. The number of benzene rings is 3. The summed E-state index contributed by atoms with van der Waals surface area (Å²) in [6, 6.07) is 20.1. The molecule has 4 aromatic rings. The SMILES string of the molecule is COc1ccc(C(=O)O/N=C2/c3ccccc3-c3nc4ccccc4nc32)cc1OC. The third-order valence-corrected chi connectivity index (χ3v) is 5.07. The number of rotatable bonds is 4. The molecule has 0 aliphatic heterocycles. The maximum Gasteiger partial charge on any atom is 0.365 e. The largest absolute Gasteiger partial charge is 0.493 e. The van der Waals surface area contributed by atoms with Gasteiger partial charge >= 0.3 is 5.97 Å². The van der Waals surface area contributed by atoms with Crippen molar-refractivity contribution in [2.75, 3.05) is 14.2 Å². The van der Waals surface area contributed by atoms with E-state index in [1.165, 1.54) is 14.2 Å². The fourth-order valence-corrected chi connectivity index (χ4v) is 3.57. The molecule has 0 N–H and O–H groups in total. The Hall–Kier alpha value is -4.26. The van der Waals surface area contributed by atoms with Gasteiger partial charge in [-0.15, -0.1) is 0 Å². The number of fused-ring (bicyclic) bond motifs is 4. The molecule has 31 heavy (non-hydrogen) atoms. The Morgan fingerprint density at radius 2 is 1.42 bits per heavy atom. The molecule has 5 rings (SSSR count). The molecule has 1 heterocycles. The molecule has 1 aromatic heterocycles. The van der Waals surface area contributed by atoms with E-state index in [0.29, 0.717) is 22.9 Å². The number of oxime groups is 1. The van der Waals surface area contributed by atoms with E-state index in [9.17, 15) is 4.79 Å². The summed E-state index contributed by atoms with van der Waals surface area (Å²) >= 11 is 0. The monoisotopic (exact) mass is 411 g/mol. The Morgan fingerprint density at radius 1 is 0.774 bits per heavy atom. The minimum absolute atomic E-state index is 0.290. The number of para-hydroxylation sites is 2. The van der Waals surface area contributed by atoms with Crippen molar-refractivity contribution in [1.82, 2.24) is 9.97 Å². The second kappa shape index (κ2) is 7.53. The number of nitrogens with zero attached hydrogens (tertiary/aromatic N) is 3. The molecule has 7 heteroatoms. The first-order valence-corrected chi connectivity index (χ1v) is 9.58. The first-order chi connectivity index (χ1) is 15.2. The Balaban J connectivity index is 1.55. The standard InChI is InChI=1S/C24H17N3O4/c1-29-19-12-11-14(13-20(19)30-2)24(28)31-27-22-16-8-4-3-7-15(16)21-23(22)26-18-10-6-5-9-17(18)25-21/h3-13H,1-2H3/b27-22-. The average Bonchev–Trinajstić information content (AvgIpc) is 3.13.